The van der Waals surface area contributed by atoms with Gasteiger partial charge in [0.25, 0.3) is 0 Å². The van der Waals surface area contributed by atoms with Crippen LogP contribution in [0.15, 0.2) is 53.6 Å². The van der Waals surface area contributed by atoms with Crippen LogP contribution in [0.2, 0.25) is 0 Å². The minimum atomic E-state index is -0.365. The van der Waals surface area contributed by atoms with Crippen LogP contribution in [0.3, 0.4) is 0 Å². The van der Waals surface area contributed by atoms with Crippen LogP contribution >= 0.6 is 0 Å². The summed E-state index contributed by atoms with van der Waals surface area (Å²) in [7, 11) is 0. The lowest BCUT2D eigenvalue weighted by Gasteiger charge is -2.35. The van der Waals surface area contributed by atoms with Crippen molar-refractivity contribution < 1.29 is 4.79 Å². The zero-order valence-electron chi connectivity index (χ0n) is 14.9. The number of allylic oxidation sites excluding steroid dienone is 4. The maximum Gasteiger partial charge on any atom is 0.169 e. The topological polar surface area (TPSA) is 17.1 Å². The van der Waals surface area contributed by atoms with Gasteiger partial charge in [0.05, 0.1) is 0 Å². The summed E-state index contributed by atoms with van der Waals surface area (Å²) in [6.45, 7) is 12.7. The first-order chi connectivity index (χ1) is 10.3. The molecule has 0 amide bonds. The van der Waals surface area contributed by atoms with Gasteiger partial charge in [0.15, 0.2) is 5.78 Å². The van der Waals surface area contributed by atoms with Gasteiger partial charge >= 0.3 is 0 Å². The predicted molar refractivity (Wildman–Crippen MR) is 96.1 cm³/mol. The Morgan fingerprint density at radius 3 is 1.77 bits per heavy atom. The van der Waals surface area contributed by atoms with Crippen LogP contribution in [-0.2, 0) is 0 Å². The van der Waals surface area contributed by atoms with Crippen molar-refractivity contribution in [1.29, 1.82) is 0 Å². The number of ketones is 1. The molecule has 0 unspecified atom stereocenters. The Balaban J connectivity index is 3.31. The van der Waals surface area contributed by atoms with E-state index in [1.165, 1.54) is 11.1 Å². The molecule has 22 heavy (non-hydrogen) atoms. The van der Waals surface area contributed by atoms with Crippen LogP contribution in [0, 0.1) is 11.3 Å². The number of Topliss-reactive ketones (excluding diaryl/α,β-unsaturated/α-hetero) is 1. The van der Waals surface area contributed by atoms with E-state index in [0.29, 0.717) is 0 Å². The molecule has 0 fully saturated rings. The van der Waals surface area contributed by atoms with Gasteiger partial charge in [0.2, 0.25) is 0 Å². The molecule has 0 heterocycles. The second kappa shape index (κ2) is 8.12. The van der Waals surface area contributed by atoms with E-state index in [4.69, 9.17) is 0 Å². The van der Waals surface area contributed by atoms with Crippen molar-refractivity contribution in [2.75, 3.05) is 0 Å². The van der Waals surface area contributed by atoms with Crippen molar-refractivity contribution in [3.05, 3.63) is 59.2 Å². The minimum absolute atomic E-state index is 0.262. The second-order valence-corrected chi connectivity index (χ2v) is 6.98. The normalized spacial score (nSPS) is 11.2. The highest BCUT2D eigenvalue weighted by molar-refractivity contribution is 6.01. The van der Waals surface area contributed by atoms with Crippen LogP contribution in [0.4, 0.5) is 0 Å². The molecule has 1 aromatic carbocycles. The summed E-state index contributed by atoms with van der Waals surface area (Å²) in [6, 6.07) is 9.72. The Labute approximate surface area is 136 Å². The number of carbonyl (C=O) groups is 1. The van der Waals surface area contributed by atoms with Crippen molar-refractivity contribution in [2.24, 2.45) is 11.3 Å². The molecule has 0 N–H and O–H groups in total. The van der Waals surface area contributed by atoms with Gasteiger partial charge in [-0.25, -0.2) is 0 Å². The average molecular weight is 298 g/mol. The molecule has 0 aliphatic carbocycles. The summed E-state index contributed by atoms with van der Waals surface area (Å²) in [5, 5.41) is 0. The van der Waals surface area contributed by atoms with Gasteiger partial charge in [-0.15, -0.1) is 0 Å². The van der Waals surface area contributed by atoms with Crippen LogP contribution < -0.4 is 0 Å². The summed E-state index contributed by atoms with van der Waals surface area (Å²) in [5.74, 6) is 0.546. The van der Waals surface area contributed by atoms with Crippen LogP contribution in [0.25, 0.3) is 0 Å². The first kappa shape index (κ1) is 18.4. The molecule has 0 aliphatic rings. The Morgan fingerprint density at radius 1 is 0.955 bits per heavy atom. The lowest BCUT2D eigenvalue weighted by Crippen LogP contribution is -2.36. The molecule has 0 aliphatic heterocycles. The van der Waals surface area contributed by atoms with E-state index in [1.807, 2.05) is 30.3 Å². The fraction of sp³-hybridized carbons (Fsp3) is 0.476. The molecule has 0 radical (unpaired) electrons. The van der Waals surface area contributed by atoms with Crippen LogP contribution in [0.1, 0.15) is 64.7 Å². The molecule has 0 atom stereocenters. The van der Waals surface area contributed by atoms with E-state index in [0.717, 1.165) is 18.4 Å². The van der Waals surface area contributed by atoms with Gasteiger partial charge in [-0.05, 0) is 46.5 Å². The van der Waals surface area contributed by atoms with Crippen molar-refractivity contribution >= 4 is 5.78 Å². The largest absolute Gasteiger partial charge is 0.294 e. The van der Waals surface area contributed by atoms with E-state index < -0.39 is 0 Å². The Bertz CT molecular complexity index is 519. The van der Waals surface area contributed by atoms with E-state index in [-0.39, 0.29) is 17.1 Å². The van der Waals surface area contributed by atoms with Gasteiger partial charge in [-0.1, -0.05) is 67.5 Å². The molecule has 120 valence electrons. The van der Waals surface area contributed by atoms with E-state index in [9.17, 15) is 4.79 Å². The van der Waals surface area contributed by atoms with Gasteiger partial charge in [0, 0.05) is 11.0 Å². The van der Waals surface area contributed by atoms with Crippen LogP contribution in [-0.4, -0.2) is 5.78 Å². The molecule has 1 nitrogen and oxygen atoms in total. The smallest absolute Gasteiger partial charge is 0.169 e. The molecular weight excluding hydrogens is 268 g/mol. The van der Waals surface area contributed by atoms with E-state index >= 15 is 0 Å². The molecule has 0 bridgehead atoms. The number of benzene rings is 1. The predicted octanol–water partition coefficient (Wildman–Crippen LogP) is 6.22. The first-order valence-electron chi connectivity index (χ1n) is 8.16. The molecular formula is C21H30O. The molecule has 0 saturated carbocycles. The van der Waals surface area contributed by atoms with E-state index in [2.05, 4.69) is 53.7 Å². The number of carbonyl (C=O) groups excluding carboxylic acids is 1. The second-order valence-electron chi connectivity index (χ2n) is 6.98. The molecule has 0 saturated heterocycles. The third kappa shape index (κ3) is 4.69. The molecule has 1 rings (SSSR count). The van der Waals surface area contributed by atoms with E-state index in [1.54, 1.807) is 0 Å². The Kier molecular flexibility index (Phi) is 6.80. The summed E-state index contributed by atoms with van der Waals surface area (Å²) in [5.41, 5.74) is 2.99. The zero-order chi connectivity index (χ0) is 16.8. The fourth-order valence-corrected chi connectivity index (χ4v) is 2.65. The highest BCUT2D eigenvalue weighted by Crippen LogP contribution is 2.40. The summed E-state index contributed by atoms with van der Waals surface area (Å²) < 4.78 is 0. The average Bonchev–Trinajstić information content (AvgIpc) is 2.47. The zero-order valence-corrected chi connectivity index (χ0v) is 14.9. The standard InChI is InChI=1S/C21H30O/c1-16(2)12-14-21(18(5)6,15-13-17(3)4)20(22)19-10-8-7-9-11-19/h7-13,18H,14-15H2,1-6H3. The highest BCUT2D eigenvalue weighted by atomic mass is 16.1. The van der Waals surface area contributed by atoms with Gasteiger partial charge in [-0.3, -0.25) is 4.79 Å². The lowest BCUT2D eigenvalue weighted by atomic mass is 9.66. The summed E-state index contributed by atoms with van der Waals surface area (Å²) in [6.07, 6.45) is 6.01. The third-order valence-corrected chi connectivity index (χ3v) is 4.34. The van der Waals surface area contributed by atoms with Gasteiger partial charge in [0.1, 0.15) is 0 Å². The molecule has 1 aromatic rings. The molecule has 0 spiro atoms. The quantitative estimate of drug-likeness (QED) is 0.431. The van der Waals surface area contributed by atoms with Crippen molar-refractivity contribution in [3.63, 3.8) is 0 Å². The van der Waals surface area contributed by atoms with Gasteiger partial charge < -0.3 is 0 Å². The van der Waals surface area contributed by atoms with Crippen molar-refractivity contribution in [3.8, 4) is 0 Å². The maximum absolute atomic E-state index is 13.3. The highest BCUT2D eigenvalue weighted by Gasteiger charge is 2.39. The Hall–Kier alpha value is -1.63. The van der Waals surface area contributed by atoms with Crippen molar-refractivity contribution in [1.82, 2.24) is 0 Å². The Morgan fingerprint density at radius 2 is 1.41 bits per heavy atom. The minimum Gasteiger partial charge on any atom is -0.294 e. The summed E-state index contributed by atoms with van der Waals surface area (Å²) >= 11 is 0. The number of rotatable bonds is 7. The van der Waals surface area contributed by atoms with Gasteiger partial charge in [-0.2, -0.15) is 0 Å². The molecule has 0 aromatic heterocycles. The third-order valence-electron chi connectivity index (χ3n) is 4.34. The maximum atomic E-state index is 13.3. The first-order valence-corrected chi connectivity index (χ1v) is 8.16. The number of hydrogen-bond acceptors (Lipinski definition) is 1. The van der Waals surface area contributed by atoms with Crippen molar-refractivity contribution in [2.45, 2.75) is 54.4 Å². The summed E-state index contributed by atoms with van der Waals surface area (Å²) in [4.78, 5) is 13.3. The lowest BCUT2D eigenvalue weighted by molar-refractivity contribution is 0.0708. The molecule has 1 heteroatoms. The van der Waals surface area contributed by atoms with Crippen LogP contribution in [0.5, 0.6) is 0 Å². The SMILES string of the molecule is CC(C)=CCC(CC=C(C)C)(C(=O)c1ccccc1)C(C)C. The number of hydrogen-bond donors (Lipinski definition) is 0. The fourth-order valence-electron chi connectivity index (χ4n) is 2.65. The monoisotopic (exact) mass is 298 g/mol.